The Bertz CT molecular complexity index is 1210. The summed E-state index contributed by atoms with van der Waals surface area (Å²) >= 11 is 0. The molecule has 1 N–H and O–H groups in total. The van der Waals surface area contributed by atoms with Crippen LogP contribution in [0.25, 0.3) is 16.7 Å². The highest BCUT2D eigenvalue weighted by Crippen LogP contribution is 2.36. The third-order valence-electron chi connectivity index (χ3n) is 5.65. The van der Waals surface area contributed by atoms with Crippen molar-refractivity contribution in [2.45, 2.75) is 32.7 Å². The number of benzene rings is 1. The second kappa shape index (κ2) is 6.92. The van der Waals surface area contributed by atoms with Gasteiger partial charge in [0.25, 0.3) is 5.56 Å². The van der Waals surface area contributed by atoms with Crippen molar-refractivity contribution < 1.29 is 4.42 Å². The fourth-order valence-corrected chi connectivity index (χ4v) is 4.10. The number of piperidine rings is 1. The minimum Gasteiger partial charge on any atom is -0.464 e. The summed E-state index contributed by atoms with van der Waals surface area (Å²) in [5.41, 5.74) is 1.25. The number of para-hydroxylation sites is 1. The zero-order valence-electron chi connectivity index (χ0n) is 16.5. The van der Waals surface area contributed by atoms with Crippen LogP contribution in [-0.2, 0) is 0 Å². The van der Waals surface area contributed by atoms with E-state index >= 15 is 0 Å². The predicted molar refractivity (Wildman–Crippen MR) is 111 cm³/mol. The van der Waals surface area contributed by atoms with Crippen LogP contribution in [0.3, 0.4) is 0 Å². The number of aromatic amines is 1. The highest BCUT2D eigenvalue weighted by atomic mass is 16.3. The molecule has 7 nitrogen and oxygen atoms in total. The fourth-order valence-electron chi connectivity index (χ4n) is 4.10. The molecule has 0 amide bonds. The molecule has 29 heavy (non-hydrogen) atoms. The van der Waals surface area contributed by atoms with E-state index in [0.717, 1.165) is 36.6 Å². The van der Waals surface area contributed by atoms with E-state index in [1.807, 2.05) is 49.4 Å². The van der Waals surface area contributed by atoms with Crippen LogP contribution in [0.2, 0.25) is 0 Å². The topological polar surface area (TPSA) is 80.0 Å². The summed E-state index contributed by atoms with van der Waals surface area (Å²) in [4.78, 5) is 22.8. The van der Waals surface area contributed by atoms with Crippen LogP contribution in [0.15, 0.2) is 57.9 Å². The first-order valence-electron chi connectivity index (χ1n) is 9.96. The second-order valence-corrected chi connectivity index (χ2v) is 7.81. The molecule has 0 aliphatic carbocycles. The molecule has 4 heterocycles. The Morgan fingerprint density at radius 3 is 2.76 bits per heavy atom. The lowest BCUT2D eigenvalue weighted by Gasteiger charge is -2.37. The van der Waals surface area contributed by atoms with Crippen LogP contribution in [0, 0.1) is 12.8 Å². The second-order valence-electron chi connectivity index (χ2n) is 7.81. The lowest BCUT2D eigenvalue weighted by atomic mass is 9.91. The first-order chi connectivity index (χ1) is 14.1. The van der Waals surface area contributed by atoms with Gasteiger partial charge in [0.05, 0.1) is 17.9 Å². The molecule has 5 rings (SSSR count). The van der Waals surface area contributed by atoms with Gasteiger partial charge in [0.15, 0.2) is 5.65 Å². The van der Waals surface area contributed by atoms with Crippen molar-refractivity contribution in [2.24, 2.45) is 5.92 Å². The van der Waals surface area contributed by atoms with Crippen molar-refractivity contribution in [1.29, 1.82) is 0 Å². The molecule has 0 spiro atoms. The standard InChI is InChI=1S/C22H23N5O2/c1-14-10-11-26(18(12-14)19-9-8-15(2)29-19)22-24-20-17(21(28)25-22)13-23-27(20)16-6-4-3-5-7-16/h3-9,13-14,18H,10-12H2,1-2H3,(H,24,25,28). The molecule has 1 aliphatic rings. The van der Waals surface area contributed by atoms with Crippen LogP contribution >= 0.6 is 0 Å². The molecule has 0 radical (unpaired) electrons. The Morgan fingerprint density at radius 2 is 2.00 bits per heavy atom. The van der Waals surface area contributed by atoms with E-state index in [2.05, 4.69) is 21.9 Å². The Labute approximate surface area is 168 Å². The first kappa shape index (κ1) is 17.7. The Kier molecular flexibility index (Phi) is 4.23. The van der Waals surface area contributed by atoms with Gasteiger partial charge in [-0.1, -0.05) is 25.1 Å². The van der Waals surface area contributed by atoms with Gasteiger partial charge in [0, 0.05) is 6.54 Å². The Balaban J connectivity index is 1.62. The minimum atomic E-state index is -0.180. The number of aryl methyl sites for hydroxylation is 1. The number of nitrogens with one attached hydrogen (secondary N) is 1. The van der Waals surface area contributed by atoms with Crippen molar-refractivity contribution in [1.82, 2.24) is 19.7 Å². The molecule has 1 aromatic carbocycles. The van der Waals surface area contributed by atoms with E-state index in [1.165, 1.54) is 0 Å². The minimum absolute atomic E-state index is 0.0427. The van der Waals surface area contributed by atoms with Crippen molar-refractivity contribution >= 4 is 17.0 Å². The fraction of sp³-hybridized carbons (Fsp3) is 0.318. The summed E-state index contributed by atoms with van der Waals surface area (Å²) in [5, 5.41) is 4.88. The third kappa shape index (κ3) is 3.12. The number of aromatic nitrogens is 4. The van der Waals surface area contributed by atoms with Crippen molar-refractivity contribution in [3.63, 3.8) is 0 Å². The first-order valence-corrected chi connectivity index (χ1v) is 9.96. The predicted octanol–water partition coefficient (Wildman–Crippen LogP) is 3.99. The van der Waals surface area contributed by atoms with Gasteiger partial charge in [-0.05, 0) is 49.9 Å². The molecular weight excluding hydrogens is 366 g/mol. The number of anilines is 1. The maximum atomic E-state index is 12.8. The smallest absolute Gasteiger partial charge is 0.263 e. The molecule has 3 aromatic heterocycles. The highest BCUT2D eigenvalue weighted by Gasteiger charge is 2.32. The zero-order valence-corrected chi connectivity index (χ0v) is 16.5. The third-order valence-corrected chi connectivity index (χ3v) is 5.65. The molecule has 1 aliphatic heterocycles. The zero-order chi connectivity index (χ0) is 20.0. The monoisotopic (exact) mass is 389 g/mol. The van der Waals surface area contributed by atoms with Crippen LogP contribution in [0.4, 0.5) is 5.95 Å². The number of hydrogen-bond donors (Lipinski definition) is 1. The SMILES string of the molecule is Cc1ccc(C2CC(C)CCN2c2nc3c(cnn3-c3ccccc3)c(=O)[nH]2)o1. The molecule has 148 valence electrons. The van der Waals surface area contributed by atoms with Gasteiger partial charge in [-0.2, -0.15) is 10.1 Å². The molecule has 1 saturated heterocycles. The van der Waals surface area contributed by atoms with E-state index < -0.39 is 0 Å². The van der Waals surface area contributed by atoms with E-state index in [1.54, 1.807) is 10.9 Å². The summed E-state index contributed by atoms with van der Waals surface area (Å²) in [6, 6.07) is 13.8. The summed E-state index contributed by atoms with van der Waals surface area (Å²) < 4.78 is 7.65. The number of rotatable bonds is 3. The van der Waals surface area contributed by atoms with Gasteiger partial charge in [-0.3, -0.25) is 9.78 Å². The molecule has 1 fully saturated rings. The van der Waals surface area contributed by atoms with Crippen LogP contribution in [-0.4, -0.2) is 26.3 Å². The largest absolute Gasteiger partial charge is 0.464 e. The average Bonchev–Trinajstić information content (AvgIpc) is 3.35. The van der Waals surface area contributed by atoms with Crippen LogP contribution < -0.4 is 10.5 Å². The molecule has 0 saturated carbocycles. The van der Waals surface area contributed by atoms with E-state index in [0.29, 0.717) is 22.9 Å². The van der Waals surface area contributed by atoms with Crippen molar-refractivity contribution in [2.75, 3.05) is 11.4 Å². The van der Waals surface area contributed by atoms with Crippen LogP contribution in [0.5, 0.6) is 0 Å². The number of fused-ring (bicyclic) bond motifs is 1. The normalized spacial score (nSPS) is 19.7. The molecule has 0 bridgehead atoms. The Hall–Kier alpha value is -3.35. The van der Waals surface area contributed by atoms with E-state index in [-0.39, 0.29) is 11.6 Å². The van der Waals surface area contributed by atoms with E-state index in [9.17, 15) is 4.79 Å². The molecule has 7 heteroatoms. The number of furan rings is 1. The maximum Gasteiger partial charge on any atom is 0.263 e. The van der Waals surface area contributed by atoms with Crippen molar-refractivity contribution in [3.8, 4) is 5.69 Å². The molecule has 2 unspecified atom stereocenters. The van der Waals surface area contributed by atoms with Crippen LogP contribution in [0.1, 0.15) is 37.3 Å². The highest BCUT2D eigenvalue weighted by molar-refractivity contribution is 5.76. The van der Waals surface area contributed by atoms with Gasteiger partial charge >= 0.3 is 0 Å². The van der Waals surface area contributed by atoms with Gasteiger partial charge in [-0.25, -0.2) is 4.68 Å². The average molecular weight is 389 g/mol. The summed E-state index contributed by atoms with van der Waals surface area (Å²) in [7, 11) is 0. The van der Waals surface area contributed by atoms with Gasteiger partial charge < -0.3 is 9.32 Å². The van der Waals surface area contributed by atoms with Gasteiger partial charge in [0.2, 0.25) is 5.95 Å². The number of H-pyrrole nitrogens is 1. The lowest BCUT2D eigenvalue weighted by molar-refractivity contribution is 0.321. The lowest BCUT2D eigenvalue weighted by Crippen LogP contribution is -2.38. The molecule has 2 atom stereocenters. The van der Waals surface area contributed by atoms with Gasteiger partial charge in [-0.15, -0.1) is 0 Å². The van der Waals surface area contributed by atoms with E-state index in [4.69, 9.17) is 9.40 Å². The summed E-state index contributed by atoms with van der Waals surface area (Å²) in [5.74, 6) is 2.93. The molecule has 4 aromatic rings. The summed E-state index contributed by atoms with van der Waals surface area (Å²) in [6.45, 7) is 5.01. The Morgan fingerprint density at radius 1 is 1.17 bits per heavy atom. The molecular formula is C22H23N5O2. The maximum absolute atomic E-state index is 12.8. The van der Waals surface area contributed by atoms with Gasteiger partial charge in [0.1, 0.15) is 16.9 Å². The summed E-state index contributed by atoms with van der Waals surface area (Å²) in [6.07, 6.45) is 3.56. The number of hydrogen-bond acceptors (Lipinski definition) is 5. The van der Waals surface area contributed by atoms with Crippen molar-refractivity contribution in [3.05, 3.63) is 70.5 Å². The number of nitrogens with zero attached hydrogens (tertiary/aromatic N) is 4. The quantitative estimate of drug-likeness (QED) is 0.573.